The lowest BCUT2D eigenvalue weighted by Gasteiger charge is -2.31. The minimum Gasteiger partial charge on any atom is -0.405 e. The summed E-state index contributed by atoms with van der Waals surface area (Å²) in [4.78, 5) is 14.7. The van der Waals surface area contributed by atoms with E-state index in [-0.39, 0.29) is 29.7 Å². The van der Waals surface area contributed by atoms with Gasteiger partial charge in [-0.05, 0) is 43.5 Å². The fourth-order valence-electron chi connectivity index (χ4n) is 4.07. The van der Waals surface area contributed by atoms with E-state index in [0.717, 1.165) is 22.6 Å². The number of amides is 1. The molecule has 1 aliphatic heterocycles. The molecule has 0 atom stereocenters. The van der Waals surface area contributed by atoms with Crippen LogP contribution in [0, 0.1) is 12.8 Å². The fourth-order valence-corrected chi connectivity index (χ4v) is 4.07. The lowest BCUT2D eigenvalue weighted by atomic mass is 9.95. The van der Waals surface area contributed by atoms with Crippen molar-refractivity contribution >= 4 is 11.7 Å². The number of ether oxygens (including phenoxy) is 1. The Labute approximate surface area is 195 Å². The highest BCUT2D eigenvalue weighted by Gasteiger charge is 2.32. The molecule has 1 aliphatic rings. The molecule has 1 amide bonds. The molecule has 1 fully saturated rings. The van der Waals surface area contributed by atoms with E-state index in [1.807, 2.05) is 43.3 Å². The van der Waals surface area contributed by atoms with Gasteiger partial charge in [-0.2, -0.15) is 0 Å². The topological polar surface area (TPSA) is 67.4 Å². The molecule has 0 unspecified atom stereocenters. The first-order valence-electron chi connectivity index (χ1n) is 11.1. The zero-order valence-electron chi connectivity index (χ0n) is 18.7. The smallest absolute Gasteiger partial charge is 0.405 e. The number of rotatable bonds is 6. The number of hydrogen-bond acceptors (Lipinski definition) is 5. The van der Waals surface area contributed by atoms with Crippen molar-refractivity contribution in [1.29, 1.82) is 0 Å². The minimum atomic E-state index is -4.78. The molecule has 0 spiro atoms. The Morgan fingerprint density at radius 1 is 1.03 bits per heavy atom. The van der Waals surface area contributed by atoms with E-state index in [9.17, 15) is 18.0 Å². The zero-order chi connectivity index (χ0) is 24.1. The normalized spacial score (nSPS) is 14.6. The average Bonchev–Trinajstić information content (AvgIpc) is 2.83. The van der Waals surface area contributed by atoms with Gasteiger partial charge in [-0.3, -0.25) is 4.79 Å². The van der Waals surface area contributed by atoms with Crippen LogP contribution in [-0.2, 0) is 11.3 Å². The van der Waals surface area contributed by atoms with Gasteiger partial charge in [0.05, 0.1) is 5.69 Å². The molecule has 1 saturated heterocycles. The molecule has 9 heteroatoms. The molecule has 1 aromatic heterocycles. The lowest BCUT2D eigenvalue weighted by Crippen LogP contribution is -2.40. The molecule has 0 aliphatic carbocycles. The zero-order valence-corrected chi connectivity index (χ0v) is 18.7. The van der Waals surface area contributed by atoms with Gasteiger partial charge in [0.1, 0.15) is 5.75 Å². The van der Waals surface area contributed by atoms with Gasteiger partial charge in [0.25, 0.3) is 0 Å². The summed E-state index contributed by atoms with van der Waals surface area (Å²) in [6, 6.07) is 17.7. The number of para-hydroxylation sites is 1. The number of piperidine rings is 1. The molecule has 2 aromatic carbocycles. The number of nitrogens with one attached hydrogen (secondary N) is 1. The van der Waals surface area contributed by atoms with E-state index >= 15 is 0 Å². The van der Waals surface area contributed by atoms with Gasteiger partial charge in [-0.15, -0.1) is 23.4 Å². The quantitative estimate of drug-likeness (QED) is 0.556. The summed E-state index contributed by atoms with van der Waals surface area (Å²) < 4.78 is 41.8. The molecule has 6 nitrogen and oxygen atoms in total. The van der Waals surface area contributed by atoms with Crippen molar-refractivity contribution < 1.29 is 22.7 Å². The summed E-state index contributed by atoms with van der Waals surface area (Å²) in [5.41, 5.74) is 3.25. The van der Waals surface area contributed by atoms with Crippen molar-refractivity contribution in [2.24, 2.45) is 5.92 Å². The van der Waals surface area contributed by atoms with Crippen LogP contribution in [0.4, 0.5) is 19.0 Å². The highest BCUT2D eigenvalue weighted by Crippen LogP contribution is 2.27. The first-order valence-corrected chi connectivity index (χ1v) is 11.1. The maximum atomic E-state index is 12.6. The highest BCUT2D eigenvalue weighted by atomic mass is 19.4. The third kappa shape index (κ3) is 5.84. The second-order valence-corrected chi connectivity index (χ2v) is 8.23. The van der Waals surface area contributed by atoms with Crippen LogP contribution in [-0.4, -0.2) is 35.6 Å². The Balaban J connectivity index is 1.30. The van der Waals surface area contributed by atoms with E-state index < -0.39 is 6.36 Å². The number of nitrogens with zero attached hydrogens (tertiary/aromatic N) is 3. The van der Waals surface area contributed by atoms with Crippen LogP contribution in [0.3, 0.4) is 0 Å². The van der Waals surface area contributed by atoms with E-state index in [0.29, 0.717) is 25.9 Å². The number of alkyl halides is 3. The summed E-state index contributed by atoms with van der Waals surface area (Å²) in [6.45, 7) is 3.29. The van der Waals surface area contributed by atoms with Gasteiger partial charge < -0.3 is 15.0 Å². The van der Waals surface area contributed by atoms with E-state index in [4.69, 9.17) is 0 Å². The van der Waals surface area contributed by atoms with E-state index in [2.05, 4.69) is 25.2 Å². The van der Waals surface area contributed by atoms with Crippen molar-refractivity contribution in [2.75, 3.05) is 18.0 Å². The first kappa shape index (κ1) is 23.5. The van der Waals surface area contributed by atoms with Gasteiger partial charge in [-0.1, -0.05) is 42.5 Å². The van der Waals surface area contributed by atoms with Crippen LogP contribution in [0.2, 0.25) is 0 Å². The van der Waals surface area contributed by atoms with Crippen molar-refractivity contribution in [3.05, 3.63) is 71.8 Å². The van der Waals surface area contributed by atoms with Crippen molar-refractivity contribution in [2.45, 2.75) is 32.7 Å². The van der Waals surface area contributed by atoms with Crippen LogP contribution in [0.1, 0.15) is 24.0 Å². The molecule has 178 valence electrons. The number of hydrogen-bond donors (Lipinski definition) is 1. The number of carbonyl (C=O) groups is 1. The Hall–Kier alpha value is -3.62. The summed E-state index contributed by atoms with van der Waals surface area (Å²) >= 11 is 0. The average molecular weight is 470 g/mol. The SMILES string of the molecule is Cc1ccccc1-c1ccc(N2CCC(C(=O)NCc3ccccc3OC(F)(F)F)CC2)nn1. The standard InChI is InChI=1S/C25H25F3N4O2/c1-17-6-2-4-8-20(17)21-10-11-23(31-30-21)32-14-12-18(13-15-32)24(33)29-16-19-7-3-5-9-22(19)34-25(26,27)28/h2-11,18H,12-16H2,1H3,(H,29,33). The maximum Gasteiger partial charge on any atom is 0.573 e. The third-order valence-corrected chi connectivity index (χ3v) is 5.91. The monoisotopic (exact) mass is 470 g/mol. The highest BCUT2D eigenvalue weighted by molar-refractivity contribution is 5.79. The molecular formula is C25H25F3N4O2. The number of aromatic nitrogens is 2. The van der Waals surface area contributed by atoms with Crippen LogP contribution in [0.15, 0.2) is 60.7 Å². The van der Waals surface area contributed by atoms with Crippen LogP contribution >= 0.6 is 0 Å². The van der Waals surface area contributed by atoms with E-state index in [1.165, 1.54) is 18.2 Å². The minimum absolute atomic E-state index is 0.0306. The summed E-state index contributed by atoms with van der Waals surface area (Å²) in [7, 11) is 0. The molecule has 1 N–H and O–H groups in total. The Morgan fingerprint density at radius 3 is 2.41 bits per heavy atom. The lowest BCUT2D eigenvalue weighted by molar-refractivity contribution is -0.274. The first-order chi connectivity index (χ1) is 16.3. The maximum absolute atomic E-state index is 12.6. The third-order valence-electron chi connectivity index (χ3n) is 5.91. The van der Waals surface area contributed by atoms with Crippen LogP contribution in [0.5, 0.6) is 5.75 Å². The molecule has 4 rings (SSSR count). The molecular weight excluding hydrogens is 445 g/mol. The Bertz CT molecular complexity index is 1130. The number of anilines is 1. The van der Waals surface area contributed by atoms with Gasteiger partial charge in [0.15, 0.2) is 5.82 Å². The van der Waals surface area contributed by atoms with Gasteiger partial charge in [0, 0.05) is 36.7 Å². The van der Waals surface area contributed by atoms with Crippen molar-refractivity contribution in [3.63, 3.8) is 0 Å². The number of carbonyl (C=O) groups excluding carboxylic acids is 1. The summed E-state index contributed by atoms with van der Waals surface area (Å²) in [6.07, 6.45) is -3.55. The van der Waals surface area contributed by atoms with Crippen LogP contribution < -0.4 is 15.0 Å². The van der Waals surface area contributed by atoms with Crippen molar-refractivity contribution in [3.8, 4) is 17.0 Å². The molecule has 2 heterocycles. The van der Waals surface area contributed by atoms with E-state index in [1.54, 1.807) is 6.07 Å². The fraction of sp³-hybridized carbons (Fsp3) is 0.320. The molecule has 34 heavy (non-hydrogen) atoms. The number of benzene rings is 2. The molecule has 3 aromatic rings. The molecule has 0 radical (unpaired) electrons. The predicted octanol–water partition coefficient (Wildman–Crippen LogP) is 4.88. The van der Waals surface area contributed by atoms with Crippen LogP contribution in [0.25, 0.3) is 11.3 Å². The summed E-state index contributed by atoms with van der Waals surface area (Å²) in [5.74, 6) is 0.0563. The largest absolute Gasteiger partial charge is 0.573 e. The van der Waals surface area contributed by atoms with Gasteiger partial charge in [-0.25, -0.2) is 0 Å². The van der Waals surface area contributed by atoms with Crippen molar-refractivity contribution in [1.82, 2.24) is 15.5 Å². The second kappa shape index (κ2) is 10.1. The summed E-state index contributed by atoms with van der Waals surface area (Å²) in [5, 5.41) is 11.5. The molecule has 0 saturated carbocycles. The molecule has 0 bridgehead atoms. The Morgan fingerprint density at radius 2 is 1.74 bits per heavy atom. The predicted molar refractivity (Wildman–Crippen MR) is 122 cm³/mol. The van der Waals surface area contributed by atoms with Gasteiger partial charge in [0.2, 0.25) is 5.91 Å². The number of aryl methyl sites for hydroxylation is 1. The van der Waals surface area contributed by atoms with Gasteiger partial charge >= 0.3 is 6.36 Å². The second-order valence-electron chi connectivity index (χ2n) is 8.23. The Kier molecular flexibility index (Phi) is 7.00. The number of halogens is 3.